The number of fused-ring (bicyclic) bond motifs is 1. The molecule has 1 atom stereocenters. The first kappa shape index (κ1) is 14.4. The van der Waals surface area contributed by atoms with E-state index in [1.807, 2.05) is 6.92 Å². The summed E-state index contributed by atoms with van der Waals surface area (Å²) in [7, 11) is 0. The van der Waals surface area contributed by atoms with Crippen LogP contribution in [0.4, 0.5) is 5.69 Å². The molecule has 0 spiro atoms. The van der Waals surface area contributed by atoms with Gasteiger partial charge in [0.25, 0.3) is 5.69 Å². The Hall–Kier alpha value is -2.56. The molecule has 1 aliphatic carbocycles. The van der Waals surface area contributed by atoms with Crippen LogP contribution >= 0.6 is 0 Å². The van der Waals surface area contributed by atoms with Crippen LogP contribution in [-0.2, 0) is 12.8 Å². The summed E-state index contributed by atoms with van der Waals surface area (Å²) >= 11 is 0. The third-order valence-electron chi connectivity index (χ3n) is 4.22. The average molecular weight is 295 g/mol. The summed E-state index contributed by atoms with van der Waals surface area (Å²) in [6, 6.07) is 6.37. The molecule has 0 aliphatic heterocycles. The van der Waals surface area contributed by atoms with Crippen LogP contribution in [0.15, 0.2) is 36.4 Å². The molecule has 22 heavy (non-hydrogen) atoms. The lowest BCUT2D eigenvalue weighted by molar-refractivity contribution is -0.384. The summed E-state index contributed by atoms with van der Waals surface area (Å²) in [5, 5.41) is 10.7. The molecule has 0 saturated carbocycles. The van der Waals surface area contributed by atoms with E-state index in [1.54, 1.807) is 12.1 Å². The molecule has 0 unspecified atom stereocenters. The third-order valence-corrected chi connectivity index (χ3v) is 4.22. The Balaban J connectivity index is 1.97. The van der Waals surface area contributed by atoms with E-state index in [1.165, 1.54) is 23.3 Å². The van der Waals surface area contributed by atoms with Gasteiger partial charge in [-0.15, -0.1) is 0 Å². The number of rotatable bonds is 3. The molecular weight excluding hydrogens is 278 g/mol. The predicted molar refractivity (Wildman–Crippen MR) is 84.6 cm³/mol. The minimum absolute atomic E-state index is 0.0731. The number of hydrogen-bond acceptors (Lipinski definition) is 4. The highest BCUT2D eigenvalue weighted by atomic mass is 16.6. The number of aromatic nitrogens is 2. The lowest BCUT2D eigenvalue weighted by Gasteiger charge is -2.06. The Labute approximate surface area is 128 Å². The van der Waals surface area contributed by atoms with Gasteiger partial charge in [-0.3, -0.25) is 10.1 Å². The Morgan fingerprint density at radius 1 is 1.27 bits per heavy atom. The van der Waals surface area contributed by atoms with Crippen LogP contribution in [0.1, 0.15) is 23.9 Å². The zero-order valence-electron chi connectivity index (χ0n) is 12.7. The average Bonchev–Trinajstić information content (AvgIpc) is 2.92. The Kier molecular flexibility index (Phi) is 3.48. The highest BCUT2D eigenvalue weighted by molar-refractivity contribution is 5.58. The molecule has 0 bridgehead atoms. The predicted octanol–water partition coefficient (Wildman–Crippen LogP) is 3.65. The molecule has 0 saturated heterocycles. The second-order valence-electron chi connectivity index (χ2n) is 5.81. The number of hydrogen-bond donors (Lipinski definition) is 0. The minimum atomic E-state index is -0.407. The molecule has 1 heterocycles. The number of nitro benzene ring substituents is 1. The van der Waals surface area contributed by atoms with Crippen LogP contribution in [0, 0.1) is 23.0 Å². The molecule has 112 valence electrons. The molecule has 3 rings (SSSR count). The lowest BCUT2D eigenvalue weighted by Crippen LogP contribution is -2.00. The normalized spacial score (nSPS) is 16.4. The number of aryl methyl sites for hydroxylation is 1. The molecule has 0 N–H and O–H groups in total. The standard InChI is InChI=1S/C17H17N3O2/c1-10(2)13-8-15-11(3)18-17(19-16(15)9-13)12-4-6-14(7-5-12)20(21)22/h4-7,13H,1,8-9H2,2-3H3/t13-/m1/s1. The van der Waals surface area contributed by atoms with Crippen molar-refractivity contribution in [3.63, 3.8) is 0 Å². The number of nitro groups is 1. The Bertz CT molecular complexity index is 766. The van der Waals surface area contributed by atoms with E-state index in [4.69, 9.17) is 0 Å². The van der Waals surface area contributed by atoms with E-state index < -0.39 is 4.92 Å². The topological polar surface area (TPSA) is 68.9 Å². The van der Waals surface area contributed by atoms with Crippen LogP contribution in [0.5, 0.6) is 0 Å². The van der Waals surface area contributed by atoms with Crippen LogP contribution in [0.2, 0.25) is 0 Å². The van der Waals surface area contributed by atoms with Crippen molar-refractivity contribution in [1.29, 1.82) is 0 Å². The van der Waals surface area contributed by atoms with E-state index in [0.717, 1.165) is 29.8 Å². The molecule has 1 aliphatic rings. The maximum Gasteiger partial charge on any atom is 0.269 e. The van der Waals surface area contributed by atoms with Crippen molar-refractivity contribution >= 4 is 5.69 Å². The molecule has 0 fully saturated rings. The van der Waals surface area contributed by atoms with Gasteiger partial charge >= 0.3 is 0 Å². The van der Waals surface area contributed by atoms with Crippen molar-refractivity contribution < 1.29 is 4.92 Å². The van der Waals surface area contributed by atoms with Crippen LogP contribution in [-0.4, -0.2) is 14.9 Å². The Morgan fingerprint density at radius 3 is 2.55 bits per heavy atom. The van der Waals surface area contributed by atoms with E-state index >= 15 is 0 Å². The fourth-order valence-corrected chi connectivity index (χ4v) is 2.85. The summed E-state index contributed by atoms with van der Waals surface area (Å²) in [6.07, 6.45) is 1.85. The van der Waals surface area contributed by atoms with E-state index in [0.29, 0.717) is 11.7 Å². The first-order chi connectivity index (χ1) is 10.5. The maximum atomic E-state index is 10.7. The van der Waals surface area contributed by atoms with Crippen LogP contribution < -0.4 is 0 Å². The van der Waals surface area contributed by atoms with Crippen LogP contribution in [0.25, 0.3) is 11.4 Å². The fourth-order valence-electron chi connectivity index (χ4n) is 2.85. The van der Waals surface area contributed by atoms with Gasteiger partial charge in [-0.05, 0) is 50.3 Å². The summed E-state index contributed by atoms with van der Waals surface area (Å²) < 4.78 is 0. The van der Waals surface area contributed by atoms with Gasteiger partial charge in [0, 0.05) is 29.1 Å². The summed E-state index contributed by atoms with van der Waals surface area (Å²) in [5.41, 5.74) is 5.34. The highest BCUT2D eigenvalue weighted by Gasteiger charge is 2.26. The van der Waals surface area contributed by atoms with Crippen molar-refractivity contribution in [1.82, 2.24) is 9.97 Å². The van der Waals surface area contributed by atoms with Crippen molar-refractivity contribution in [3.05, 3.63) is 63.5 Å². The number of nitrogens with zero attached hydrogens (tertiary/aromatic N) is 3. The zero-order valence-corrected chi connectivity index (χ0v) is 12.7. The molecule has 0 amide bonds. The molecule has 1 aromatic heterocycles. The van der Waals surface area contributed by atoms with Crippen LogP contribution in [0.3, 0.4) is 0 Å². The van der Waals surface area contributed by atoms with Crippen molar-refractivity contribution in [2.45, 2.75) is 26.7 Å². The third kappa shape index (κ3) is 2.50. The van der Waals surface area contributed by atoms with Crippen molar-refractivity contribution in [2.75, 3.05) is 0 Å². The number of non-ortho nitro benzene ring substituents is 1. The fraction of sp³-hybridized carbons (Fsp3) is 0.294. The molecular formula is C17H17N3O2. The number of allylic oxidation sites excluding steroid dienone is 1. The van der Waals surface area contributed by atoms with Gasteiger partial charge in [-0.2, -0.15) is 0 Å². The highest BCUT2D eigenvalue weighted by Crippen LogP contribution is 2.32. The SMILES string of the molecule is C=C(C)[C@H]1Cc2nc(-c3ccc([N+](=O)[O-])cc3)nc(C)c2C1. The van der Waals surface area contributed by atoms with Gasteiger partial charge in [-0.25, -0.2) is 9.97 Å². The Morgan fingerprint density at radius 2 is 1.95 bits per heavy atom. The van der Waals surface area contributed by atoms with Crippen molar-refractivity contribution in [2.24, 2.45) is 5.92 Å². The molecule has 5 heteroatoms. The first-order valence-electron chi connectivity index (χ1n) is 7.22. The monoisotopic (exact) mass is 295 g/mol. The maximum absolute atomic E-state index is 10.7. The van der Waals surface area contributed by atoms with Crippen molar-refractivity contribution in [3.8, 4) is 11.4 Å². The van der Waals surface area contributed by atoms with Gasteiger partial charge < -0.3 is 0 Å². The first-order valence-corrected chi connectivity index (χ1v) is 7.22. The quantitative estimate of drug-likeness (QED) is 0.492. The summed E-state index contributed by atoms with van der Waals surface area (Å²) in [6.45, 7) is 8.09. The largest absolute Gasteiger partial charge is 0.269 e. The summed E-state index contributed by atoms with van der Waals surface area (Å²) in [4.78, 5) is 19.6. The van der Waals surface area contributed by atoms with E-state index in [9.17, 15) is 10.1 Å². The van der Waals surface area contributed by atoms with Gasteiger partial charge in [0.1, 0.15) is 0 Å². The minimum Gasteiger partial charge on any atom is -0.258 e. The van der Waals surface area contributed by atoms with Gasteiger partial charge in [0.05, 0.1) is 4.92 Å². The molecule has 0 radical (unpaired) electrons. The van der Waals surface area contributed by atoms with Gasteiger partial charge in [-0.1, -0.05) is 12.2 Å². The molecule has 5 nitrogen and oxygen atoms in total. The van der Waals surface area contributed by atoms with E-state index in [2.05, 4.69) is 23.5 Å². The lowest BCUT2D eigenvalue weighted by atomic mass is 9.99. The molecule has 2 aromatic rings. The van der Waals surface area contributed by atoms with E-state index in [-0.39, 0.29) is 5.69 Å². The van der Waals surface area contributed by atoms with Gasteiger partial charge in [0.2, 0.25) is 0 Å². The smallest absolute Gasteiger partial charge is 0.258 e. The molecule has 1 aromatic carbocycles. The zero-order chi connectivity index (χ0) is 15.9. The number of benzene rings is 1. The summed E-state index contributed by atoms with van der Waals surface area (Å²) in [5.74, 6) is 1.07. The second-order valence-corrected chi connectivity index (χ2v) is 5.81. The second kappa shape index (κ2) is 5.33. The van der Waals surface area contributed by atoms with Gasteiger partial charge in [0.15, 0.2) is 5.82 Å².